The van der Waals surface area contributed by atoms with Crippen molar-refractivity contribution in [2.45, 2.75) is 37.0 Å². The number of carbonyl (C=O) groups excluding carboxylic acids is 1. The van der Waals surface area contributed by atoms with Crippen molar-refractivity contribution < 1.29 is 19.4 Å². The smallest absolute Gasteiger partial charge is 0.341 e. The number of carbonyl (C=O) groups is 2. The number of hydrogen-bond donors (Lipinski definition) is 1. The first-order chi connectivity index (χ1) is 11.1. The Bertz CT molecular complexity index is 590. The molecular weight excluding hydrogens is 314 g/mol. The molecule has 2 unspecified atom stereocenters. The summed E-state index contributed by atoms with van der Waals surface area (Å²) in [6, 6.07) is 7.16. The monoisotopic (exact) mass is 335 g/mol. The van der Waals surface area contributed by atoms with Crippen LogP contribution in [0.25, 0.3) is 0 Å². The Morgan fingerprint density at radius 1 is 1.30 bits per heavy atom. The van der Waals surface area contributed by atoms with Crippen molar-refractivity contribution in [3.05, 3.63) is 29.8 Å². The van der Waals surface area contributed by atoms with Crippen molar-refractivity contribution in [1.82, 2.24) is 4.90 Å². The molecule has 1 saturated heterocycles. The standard InChI is InChI=1S/C17H21NO4S/c19-16(20)11-22-13-5-3-4-12(10-13)17(21)18-8-9-23-15-7-2-1-6-14(15)18/h3-5,10,14-15H,1-2,6-9,11H2,(H,19,20). The predicted octanol–water partition coefficient (Wildman–Crippen LogP) is 2.65. The highest BCUT2D eigenvalue weighted by atomic mass is 32.2. The average molecular weight is 335 g/mol. The van der Waals surface area contributed by atoms with E-state index in [0.717, 1.165) is 18.7 Å². The van der Waals surface area contributed by atoms with Crippen LogP contribution in [0.5, 0.6) is 5.75 Å². The molecule has 2 aliphatic rings. The van der Waals surface area contributed by atoms with Crippen LogP contribution < -0.4 is 4.74 Å². The SMILES string of the molecule is O=C(O)COc1cccc(C(=O)N2CCSC3CCCCC32)c1. The van der Waals surface area contributed by atoms with E-state index in [0.29, 0.717) is 22.6 Å². The molecule has 1 N–H and O–H groups in total. The summed E-state index contributed by atoms with van der Waals surface area (Å²) < 4.78 is 5.18. The number of carboxylic acid groups (broad SMARTS) is 1. The van der Waals surface area contributed by atoms with Gasteiger partial charge in [-0.3, -0.25) is 4.79 Å². The van der Waals surface area contributed by atoms with E-state index in [1.54, 1.807) is 24.3 Å². The van der Waals surface area contributed by atoms with Crippen LogP contribution in [0.15, 0.2) is 24.3 Å². The molecule has 124 valence electrons. The number of benzene rings is 1. The summed E-state index contributed by atoms with van der Waals surface area (Å²) in [6.07, 6.45) is 4.72. The number of carboxylic acids is 1. The minimum Gasteiger partial charge on any atom is -0.482 e. The molecule has 6 heteroatoms. The van der Waals surface area contributed by atoms with Crippen LogP contribution in [0, 0.1) is 0 Å². The average Bonchev–Trinajstić information content (AvgIpc) is 2.59. The van der Waals surface area contributed by atoms with E-state index >= 15 is 0 Å². The minimum atomic E-state index is -1.03. The maximum Gasteiger partial charge on any atom is 0.341 e. The predicted molar refractivity (Wildman–Crippen MR) is 89.1 cm³/mol. The van der Waals surface area contributed by atoms with Gasteiger partial charge in [-0.15, -0.1) is 0 Å². The van der Waals surface area contributed by atoms with Crippen molar-refractivity contribution in [3.8, 4) is 5.75 Å². The van der Waals surface area contributed by atoms with E-state index < -0.39 is 12.6 Å². The lowest BCUT2D eigenvalue weighted by molar-refractivity contribution is -0.139. The second-order valence-corrected chi connectivity index (χ2v) is 7.32. The molecule has 5 nitrogen and oxygen atoms in total. The molecule has 2 atom stereocenters. The molecule has 1 aliphatic carbocycles. The molecular formula is C17H21NO4S. The molecule has 23 heavy (non-hydrogen) atoms. The Labute approximate surface area is 140 Å². The summed E-state index contributed by atoms with van der Waals surface area (Å²) in [5, 5.41) is 9.25. The highest BCUT2D eigenvalue weighted by molar-refractivity contribution is 8.00. The molecule has 0 bridgehead atoms. The van der Waals surface area contributed by atoms with Crippen LogP contribution in [0.4, 0.5) is 0 Å². The number of aliphatic carboxylic acids is 1. The number of thioether (sulfide) groups is 1. The third kappa shape index (κ3) is 3.80. The van der Waals surface area contributed by atoms with Crippen LogP contribution in [-0.2, 0) is 4.79 Å². The zero-order valence-electron chi connectivity index (χ0n) is 12.9. The lowest BCUT2D eigenvalue weighted by Crippen LogP contribution is -2.51. The second-order valence-electron chi connectivity index (χ2n) is 5.97. The van der Waals surface area contributed by atoms with Gasteiger partial charge in [-0.2, -0.15) is 11.8 Å². The summed E-state index contributed by atoms with van der Waals surface area (Å²) in [4.78, 5) is 25.5. The molecule has 1 aromatic rings. The largest absolute Gasteiger partial charge is 0.482 e. The molecule has 0 spiro atoms. The third-order valence-electron chi connectivity index (χ3n) is 4.44. The summed E-state index contributed by atoms with van der Waals surface area (Å²) in [6.45, 7) is 0.383. The van der Waals surface area contributed by atoms with Gasteiger partial charge >= 0.3 is 5.97 Å². The molecule has 0 aromatic heterocycles. The van der Waals surface area contributed by atoms with Gasteiger partial charge in [-0.1, -0.05) is 18.9 Å². The van der Waals surface area contributed by atoms with Gasteiger partial charge in [0.2, 0.25) is 0 Å². The maximum atomic E-state index is 12.9. The lowest BCUT2D eigenvalue weighted by Gasteiger charge is -2.43. The molecule has 1 aliphatic heterocycles. The number of ether oxygens (including phenoxy) is 1. The third-order valence-corrected chi connectivity index (χ3v) is 5.83. The Morgan fingerprint density at radius 3 is 2.96 bits per heavy atom. The van der Waals surface area contributed by atoms with Crippen molar-refractivity contribution in [2.75, 3.05) is 18.9 Å². The van der Waals surface area contributed by atoms with E-state index in [9.17, 15) is 9.59 Å². The molecule has 3 rings (SSSR count). The van der Waals surface area contributed by atoms with Crippen LogP contribution in [-0.4, -0.2) is 52.1 Å². The normalized spacial score (nSPS) is 23.9. The van der Waals surface area contributed by atoms with Crippen LogP contribution >= 0.6 is 11.8 Å². The Balaban J connectivity index is 1.74. The zero-order chi connectivity index (χ0) is 16.2. The number of hydrogen-bond acceptors (Lipinski definition) is 4. The van der Waals surface area contributed by atoms with Gasteiger partial charge < -0.3 is 14.7 Å². The van der Waals surface area contributed by atoms with Gasteiger partial charge in [0.05, 0.1) is 0 Å². The molecule has 0 radical (unpaired) electrons. The van der Waals surface area contributed by atoms with Crippen LogP contribution in [0.2, 0.25) is 0 Å². The van der Waals surface area contributed by atoms with E-state index in [1.165, 1.54) is 19.3 Å². The van der Waals surface area contributed by atoms with E-state index in [-0.39, 0.29) is 5.91 Å². The summed E-state index contributed by atoms with van der Waals surface area (Å²) in [5.41, 5.74) is 0.573. The molecule has 1 aromatic carbocycles. The number of rotatable bonds is 4. The fourth-order valence-corrected chi connectivity index (χ4v) is 4.82. The van der Waals surface area contributed by atoms with E-state index in [1.807, 2.05) is 16.7 Å². The quantitative estimate of drug-likeness (QED) is 0.916. The fourth-order valence-electron chi connectivity index (χ4n) is 3.38. The Morgan fingerprint density at radius 2 is 2.13 bits per heavy atom. The number of nitrogens with zero attached hydrogens (tertiary/aromatic N) is 1. The van der Waals surface area contributed by atoms with Crippen LogP contribution in [0.1, 0.15) is 36.0 Å². The fraction of sp³-hybridized carbons (Fsp3) is 0.529. The lowest BCUT2D eigenvalue weighted by atomic mass is 9.92. The van der Waals surface area contributed by atoms with Gasteiger partial charge in [0, 0.05) is 29.2 Å². The number of fused-ring (bicyclic) bond motifs is 1. The number of amides is 1. The maximum absolute atomic E-state index is 12.9. The van der Waals surface area contributed by atoms with Crippen molar-refractivity contribution in [3.63, 3.8) is 0 Å². The minimum absolute atomic E-state index is 0.0305. The van der Waals surface area contributed by atoms with Gasteiger partial charge in [0.25, 0.3) is 5.91 Å². The first-order valence-corrected chi connectivity index (χ1v) is 9.07. The summed E-state index contributed by atoms with van der Waals surface area (Å²) in [7, 11) is 0. The van der Waals surface area contributed by atoms with Gasteiger partial charge in [-0.05, 0) is 31.0 Å². The highest BCUT2D eigenvalue weighted by Crippen LogP contribution is 2.36. The molecule has 1 amide bonds. The van der Waals surface area contributed by atoms with E-state index in [4.69, 9.17) is 9.84 Å². The summed E-state index contributed by atoms with van der Waals surface area (Å²) in [5.74, 6) is 0.412. The van der Waals surface area contributed by atoms with Gasteiger partial charge in [0.15, 0.2) is 6.61 Å². The van der Waals surface area contributed by atoms with Crippen molar-refractivity contribution in [2.24, 2.45) is 0 Å². The van der Waals surface area contributed by atoms with Crippen molar-refractivity contribution in [1.29, 1.82) is 0 Å². The topological polar surface area (TPSA) is 66.8 Å². The molecule has 1 heterocycles. The molecule has 1 saturated carbocycles. The molecule has 2 fully saturated rings. The van der Waals surface area contributed by atoms with Crippen LogP contribution in [0.3, 0.4) is 0 Å². The summed E-state index contributed by atoms with van der Waals surface area (Å²) >= 11 is 1.99. The van der Waals surface area contributed by atoms with Gasteiger partial charge in [0.1, 0.15) is 5.75 Å². The van der Waals surface area contributed by atoms with Gasteiger partial charge in [-0.25, -0.2) is 4.79 Å². The van der Waals surface area contributed by atoms with E-state index in [2.05, 4.69) is 0 Å². The Kier molecular flexibility index (Phi) is 5.10. The first-order valence-electron chi connectivity index (χ1n) is 8.02. The Hall–Kier alpha value is -1.69. The first kappa shape index (κ1) is 16.2. The van der Waals surface area contributed by atoms with Crippen molar-refractivity contribution >= 4 is 23.6 Å². The second kappa shape index (κ2) is 7.25. The zero-order valence-corrected chi connectivity index (χ0v) is 13.8. The highest BCUT2D eigenvalue weighted by Gasteiger charge is 2.36.